The minimum Gasteiger partial charge on any atom is -0.454 e. The molecule has 0 aliphatic heterocycles. The maximum atomic E-state index is 14.2. The number of hydrogen-bond acceptors (Lipinski definition) is 3. The molecule has 0 saturated carbocycles. The summed E-state index contributed by atoms with van der Waals surface area (Å²) in [6, 6.07) is 22.2. The van der Waals surface area contributed by atoms with Crippen LogP contribution in [0.4, 0.5) is 10.1 Å². The summed E-state index contributed by atoms with van der Waals surface area (Å²) < 4.78 is 21.9. The van der Waals surface area contributed by atoms with Crippen LogP contribution in [0.25, 0.3) is 22.4 Å². The Morgan fingerprint density at radius 3 is 2.37 bits per heavy atom. The van der Waals surface area contributed by atoms with Gasteiger partial charge in [-0.05, 0) is 41.5 Å². The van der Waals surface area contributed by atoms with Gasteiger partial charge in [-0.1, -0.05) is 36.4 Å². The predicted molar refractivity (Wildman–Crippen MR) is 105 cm³/mol. The maximum absolute atomic E-state index is 14.2. The van der Waals surface area contributed by atoms with Crippen LogP contribution < -0.4 is 10.5 Å². The topological polar surface area (TPSA) is 53.1 Å². The van der Waals surface area contributed by atoms with Crippen molar-refractivity contribution in [1.82, 2.24) is 9.78 Å². The third kappa shape index (κ3) is 3.40. The number of nitrogen functional groups attached to an aromatic ring is 1. The molecule has 0 unspecified atom stereocenters. The van der Waals surface area contributed by atoms with Gasteiger partial charge in [0.15, 0.2) is 11.6 Å². The number of aryl methyl sites for hydroxylation is 1. The zero-order valence-electron chi connectivity index (χ0n) is 14.8. The molecule has 0 saturated heterocycles. The van der Waals surface area contributed by atoms with Gasteiger partial charge in [0.1, 0.15) is 5.75 Å². The second kappa shape index (κ2) is 6.96. The minimum atomic E-state index is -0.502. The molecule has 0 bridgehead atoms. The van der Waals surface area contributed by atoms with E-state index in [1.165, 1.54) is 12.1 Å². The Balaban J connectivity index is 1.82. The Bertz CT molecular complexity index is 1090. The summed E-state index contributed by atoms with van der Waals surface area (Å²) in [6.45, 7) is 0. The largest absolute Gasteiger partial charge is 0.454 e. The van der Waals surface area contributed by atoms with Crippen LogP contribution in [0.5, 0.6) is 11.5 Å². The molecule has 4 rings (SSSR count). The lowest BCUT2D eigenvalue weighted by molar-refractivity contribution is 0.443. The van der Waals surface area contributed by atoms with E-state index in [9.17, 15) is 4.39 Å². The number of ether oxygens (including phenoxy) is 1. The SMILES string of the molecule is Cn1nccc1-c1cc(-c2ccccc2)ccc1Oc1ccc(N)cc1F. The predicted octanol–water partition coefficient (Wildman–Crippen LogP) is 5.27. The van der Waals surface area contributed by atoms with Gasteiger partial charge in [-0.2, -0.15) is 5.10 Å². The van der Waals surface area contributed by atoms with E-state index < -0.39 is 5.82 Å². The number of nitrogens with zero attached hydrogens (tertiary/aromatic N) is 2. The summed E-state index contributed by atoms with van der Waals surface area (Å²) in [6.07, 6.45) is 1.72. The molecule has 4 aromatic rings. The molecule has 27 heavy (non-hydrogen) atoms. The highest BCUT2D eigenvalue weighted by molar-refractivity contribution is 5.76. The number of aromatic nitrogens is 2. The van der Waals surface area contributed by atoms with Crippen molar-refractivity contribution >= 4 is 5.69 Å². The lowest BCUT2D eigenvalue weighted by Crippen LogP contribution is -1.97. The van der Waals surface area contributed by atoms with E-state index in [0.717, 1.165) is 22.4 Å². The summed E-state index contributed by atoms with van der Waals surface area (Å²) in [7, 11) is 1.86. The monoisotopic (exact) mass is 359 g/mol. The fourth-order valence-electron chi connectivity index (χ4n) is 2.99. The summed E-state index contributed by atoms with van der Waals surface area (Å²) in [5, 5.41) is 4.24. The fourth-order valence-corrected chi connectivity index (χ4v) is 2.99. The van der Waals surface area contributed by atoms with E-state index in [1.54, 1.807) is 16.9 Å². The van der Waals surface area contributed by atoms with Gasteiger partial charge in [0, 0.05) is 30.6 Å². The number of benzene rings is 3. The fraction of sp³-hybridized carbons (Fsp3) is 0.0455. The highest BCUT2D eigenvalue weighted by Crippen LogP contribution is 2.37. The maximum Gasteiger partial charge on any atom is 0.167 e. The number of anilines is 1. The van der Waals surface area contributed by atoms with Crippen molar-refractivity contribution in [3.8, 4) is 33.9 Å². The van der Waals surface area contributed by atoms with Crippen molar-refractivity contribution in [2.24, 2.45) is 7.05 Å². The smallest absolute Gasteiger partial charge is 0.167 e. The normalized spacial score (nSPS) is 10.7. The summed E-state index contributed by atoms with van der Waals surface area (Å²) >= 11 is 0. The Hall–Kier alpha value is -3.60. The zero-order chi connectivity index (χ0) is 18.8. The Morgan fingerprint density at radius 2 is 1.67 bits per heavy atom. The Labute approximate surface area is 156 Å². The standard InChI is InChI=1S/C22H18FN3O/c1-26-20(11-12-25-26)18-13-16(15-5-3-2-4-6-15)7-9-21(18)27-22-10-8-17(24)14-19(22)23/h2-14H,24H2,1H3. The highest BCUT2D eigenvalue weighted by atomic mass is 19.1. The summed E-state index contributed by atoms with van der Waals surface area (Å²) in [5.41, 5.74) is 9.81. The number of nitrogens with two attached hydrogens (primary N) is 1. The van der Waals surface area contributed by atoms with Crippen LogP contribution >= 0.6 is 0 Å². The van der Waals surface area contributed by atoms with Gasteiger partial charge < -0.3 is 10.5 Å². The lowest BCUT2D eigenvalue weighted by atomic mass is 10.0. The van der Waals surface area contributed by atoms with Gasteiger partial charge in [0.05, 0.1) is 5.69 Å². The average Bonchev–Trinajstić information content (AvgIpc) is 3.11. The van der Waals surface area contributed by atoms with Crippen LogP contribution in [-0.2, 0) is 7.05 Å². The first-order chi connectivity index (χ1) is 13.1. The van der Waals surface area contributed by atoms with Gasteiger partial charge in [0.2, 0.25) is 0 Å². The Kier molecular flexibility index (Phi) is 4.34. The number of hydrogen-bond donors (Lipinski definition) is 1. The molecule has 1 aromatic heterocycles. The van der Waals surface area contributed by atoms with E-state index in [1.807, 2.05) is 61.6 Å². The van der Waals surface area contributed by atoms with Crippen molar-refractivity contribution in [2.75, 3.05) is 5.73 Å². The molecule has 0 fully saturated rings. The molecule has 4 nitrogen and oxygen atoms in total. The molecule has 5 heteroatoms. The van der Waals surface area contributed by atoms with Crippen molar-refractivity contribution in [3.63, 3.8) is 0 Å². The van der Waals surface area contributed by atoms with E-state index in [4.69, 9.17) is 10.5 Å². The highest BCUT2D eigenvalue weighted by Gasteiger charge is 2.14. The number of halogens is 1. The molecular weight excluding hydrogens is 341 g/mol. The summed E-state index contributed by atoms with van der Waals surface area (Å²) in [5.74, 6) is 0.167. The quantitative estimate of drug-likeness (QED) is 0.505. The van der Waals surface area contributed by atoms with Crippen molar-refractivity contribution in [3.05, 3.63) is 84.8 Å². The molecule has 0 aliphatic carbocycles. The van der Waals surface area contributed by atoms with Crippen molar-refractivity contribution in [1.29, 1.82) is 0 Å². The number of rotatable bonds is 4. The van der Waals surface area contributed by atoms with Crippen molar-refractivity contribution < 1.29 is 9.13 Å². The third-order valence-electron chi connectivity index (χ3n) is 4.36. The van der Waals surface area contributed by atoms with E-state index in [2.05, 4.69) is 5.10 Å². The third-order valence-corrected chi connectivity index (χ3v) is 4.36. The van der Waals surface area contributed by atoms with E-state index in [-0.39, 0.29) is 5.75 Å². The van der Waals surface area contributed by atoms with Crippen LogP contribution in [0.2, 0.25) is 0 Å². The molecular formula is C22H18FN3O. The molecule has 0 atom stereocenters. The van der Waals surface area contributed by atoms with Crippen LogP contribution in [-0.4, -0.2) is 9.78 Å². The van der Waals surface area contributed by atoms with Gasteiger partial charge in [-0.25, -0.2) is 4.39 Å². The minimum absolute atomic E-state index is 0.125. The van der Waals surface area contributed by atoms with E-state index >= 15 is 0 Å². The van der Waals surface area contributed by atoms with E-state index in [0.29, 0.717) is 11.4 Å². The molecule has 0 radical (unpaired) electrons. The van der Waals surface area contributed by atoms with Gasteiger partial charge in [-0.3, -0.25) is 4.68 Å². The first-order valence-electron chi connectivity index (χ1n) is 8.52. The van der Waals surface area contributed by atoms with Gasteiger partial charge in [-0.15, -0.1) is 0 Å². The first kappa shape index (κ1) is 16.8. The second-order valence-corrected chi connectivity index (χ2v) is 6.21. The molecule has 0 amide bonds. The van der Waals surface area contributed by atoms with Crippen LogP contribution in [0.15, 0.2) is 79.0 Å². The van der Waals surface area contributed by atoms with Crippen LogP contribution in [0.3, 0.4) is 0 Å². The molecule has 0 spiro atoms. The molecule has 0 aliphatic rings. The summed E-state index contributed by atoms with van der Waals surface area (Å²) in [4.78, 5) is 0. The van der Waals surface area contributed by atoms with Crippen molar-refractivity contribution in [2.45, 2.75) is 0 Å². The van der Waals surface area contributed by atoms with Crippen LogP contribution in [0.1, 0.15) is 0 Å². The second-order valence-electron chi connectivity index (χ2n) is 6.21. The zero-order valence-corrected chi connectivity index (χ0v) is 14.8. The average molecular weight is 359 g/mol. The molecule has 3 aromatic carbocycles. The first-order valence-corrected chi connectivity index (χ1v) is 8.52. The van der Waals surface area contributed by atoms with Gasteiger partial charge >= 0.3 is 0 Å². The molecule has 134 valence electrons. The molecule has 2 N–H and O–H groups in total. The molecule has 1 heterocycles. The van der Waals surface area contributed by atoms with Crippen LogP contribution in [0, 0.1) is 5.82 Å². The Morgan fingerprint density at radius 1 is 0.889 bits per heavy atom. The lowest BCUT2D eigenvalue weighted by Gasteiger charge is -2.14. The van der Waals surface area contributed by atoms with Gasteiger partial charge in [0.25, 0.3) is 0 Å².